The van der Waals surface area contributed by atoms with Crippen LogP contribution in [0.2, 0.25) is 5.02 Å². The van der Waals surface area contributed by atoms with Gasteiger partial charge in [0.15, 0.2) is 0 Å². The minimum atomic E-state index is -0.807. The summed E-state index contributed by atoms with van der Waals surface area (Å²) < 4.78 is 13.1. The second-order valence-electron chi connectivity index (χ2n) is 3.59. The Morgan fingerprint density at radius 1 is 1.65 bits per heavy atom. The van der Waals surface area contributed by atoms with Crippen LogP contribution in [-0.2, 0) is 0 Å². The fourth-order valence-corrected chi connectivity index (χ4v) is 2.34. The van der Waals surface area contributed by atoms with Crippen molar-refractivity contribution in [3.05, 3.63) is 33.1 Å². The van der Waals surface area contributed by atoms with Gasteiger partial charge in [-0.3, -0.25) is 10.1 Å². The van der Waals surface area contributed by atoms with Crippen molar-refractivity contribution in [2.45, 2.75) is 11.8 Å². The van der Waals surface area contributed by atoms with Crippen molar-refractivity contribution in [3.63, 3.8) is 0 Å². The van der Waals surface area contributed by atoms with Crippen LogP contribution in [0.3, 0.4) is 0 Å². The molecular formula is C10H11ClFNO3S. The average Bonchev–Trinajstić information content (AvgIpc) is 2.29. The molecule has 1 atom stereocenters. The summed E-state index contributed by atoms with van der Waals surface area (Å²) in [4.78, 5) is 10.4. The van der Waals surface area contributed by atoms with E-state index in [1.54, 1.807) is 0 Å². The molecule has 0 aliphatic rings. The highest BCUT2D eigenvalue weighted by atomic mass is 35.5. The van der Waals surface area contributed by atoms with Crippen LogP contribution in [0, 0.1) is 21.8 Å². The molecular weight excluding hydrogens is 269 g/mol. The lowest BCUT2D eigenvalue weighted by atomic mass is 10.2. The zero-order valence-corrected chi connectivity index (χ0v) is 10.6. The Hall–Kier alpha value is -0.850. The lowest BCUT2D eigenvalue weighted by Crippen LogP contribution is -2.03. The van der Waals surface area contributed by atoms with Crippen LogP contribution in [0.15, 0.2) is 17.0 Å². The molecule has 1 rings (SSSR count). The Labute approximate surface area is 107 Å². The number of rotatable bonds is 5. The van der Waals surface area contributed by atoms with Gasteiger partial charge in [0.25, 0.3) is 5.69 Å². The van der Waals surface area contributed by atoms with E-state index in [1.165, 1.54) is 17.8 Å². The molecule has 0 fully saturated rings. The molecule has 1 aromatic rings. The third kappa shape index (κ3) is 3.83. The Balaban J connectivity index is 2.96. The molecule has 0 aromatic heterocycles. The lowest BCUT2D eigenvalue weighted by Gasteiger charge is -2.08. The Morgan fingerprint density at radius 2 is 2.29 bits per heavy atom. The maximum absolute atomic E-state index is 13.1. The predicted octanol–water partition coefficient (Wildman–Crippen LogP) is 3.11. The number of hydrogen-bond acceptors (Lipinski definition) is 4. The van der Waals surface area contributed by atoms with Crippen molar-refractivity contribution in [2.75, 3.05) is 12.4 Å². The van der Waals surface area contributed by atoms with E-state index in [0.29, 0.717) is 10.6 Å². The molecule has 0 heterocycles. The number of nitrogens with zero attached hydrogens (tertiary/aromatic N) is 1. The fourth-order valence-electron chi connectivity index (χ4n) is 1.06. The molecule has 1 N–H and O–H groups in total. The summed E-state index contributed by atoms with van der Waals surface area (Å²) >= 11 is 6.76. The minimum Gasteiger partial charge on any atom is -0.396 e. The third-order valence-corrected chi connectivity index (χ3v) is 3.70. The number of thioether (sulfide) groups is 1. The van der Waals surface area contributed by atoms with E-state index >= 15 is 0 Å². The first-order chi connectivity index (χ1) is 7.95. The van der Waals surface area contributed by atoms with Gasteiger partial charge in [0, 0.05) is 12.4 Å². The second-order valence-corrected chi connectivity index (χ2v) is 5.06. The van der Waals surface area contributed by atoms with Gasteiger partial charge in [-0.05, 0) is 12.0 Å². The summed E-state index contributed by atoms with van der Waals surface area (Å²) in [6, 6.07) is 2.05. The monoisotopic (exact) mass is 279 g/mol. The summed E-state index contributed by atoms with van der Waals surface area (Å²) in [5.41, 5.74) is -0.304. The molecule has 0 amide bonds. The van der Waals surface area contributed by atoms with Gasteiger partial charge in [-0.25, -0.2) is 4.39 Å². The van der Waals surface area contributed by atoms with Gasteiger partial charge in [0.1, 0.15) is 5.82 Å². The van der Waals surface area contributed by atoms with Gasteiger partial charge in [-0.2, -0.15) is 0 Å². The molecule has 94 valence electrons. The highest BCUT2D eigenvalue weighted by Gasteiger charge is 2.18. The summed E-state index contributed by atoms with van der Waals surface area (Å²) in [5, 5.41) is 19.4. The summed E-state index contributed by atoms with van der Waals surface area (Å²) in [5.74, 6) is -0.305. The largest absolute Gasteiger partial charge is 0.396 e. The van der Waals surface area contributed by atoms with Gasteiger partial charge < -0.3 is 5.11 Å². The average molecular weight is 280 g/mol. The van der Waals surface area contributed by atoms with Crippen molar-refractivity contribution >= 4 is 29.1 Å². The van der Waals surface area contributed by atoms with Gasteiger partial charge in [0.2, 0.25) is 0 Å². The Morgan fingerprint density at radius 3 is 2.82 bits per heavy atom. The van der Waals surface area contributed by atoms with Crippen LogP contribution < -0.4 is 0 Å². The number of nitro benzene ring substituents is 1. The molecule has 0 spiro atoms. The van der Waals surface area contributed by atoms with E-state index in [0.717, 1.165) is 6.07 Å². The van der Waals surface area contributed by atoms with Crippen LogP contribution in [-0.4, -0.2) is 22.4 Å². The molecule has 17 heavy (non-hydrogen) atoms. The number of nitro groups is 1. The van der Waals surface area contributed by atoms with Crippen molar-refractivity contribution in [1.29, 1.82) is 0 Å². The molecule has 1 aromatic carbocycles. The zero-order chi connectivity index (χ0) is 13.0. The molecule has 1 unspecified atom stereocenters. The van der Waals surface area contributed by atoms with Crippen molar-refractivity contribution in [2.24, 2.45) is 5.92 Å². The van der Waals surface area contributed by atoms with Gasteiger partial charge in [0.05, 0.1) is 20.9 Å². The zero-order valence-electron chi connectivity index (χ0n) is 9.02. The molecule has 4 nitrogen and oxygen atoms in total. The van der Waals surface area contributed by atoms with Crippen LogP contribution >= 0.6 is 23.4 Å². The van der Waals surface area contributed by atoms with Crippen LogP contribution in [0.4, 0.5) is 10.1 Å². The topological polar surface area (TPSA) is 63.4 Å². The van der Waals surface area contributed by atoms with E-state index < -0.39 is 10.7 Å². The summed E-state index contributed by atoms with van der Waals surface area (Å²) in [7, 11) is 0. The smallest absolute Gasteiger partial charge is 0.285 e. The van der Waals surface area contributed by atoms with E-state index in [1.807, 2.05) is 6.92 Å². The van der Waals surface area contributed by atoms with Gasteiger partial charge in [-0.1, -0.05) is 18.5 Å². The van der Waals surface area contributed by atoms with Gasteiger partial charge >= 0.3 is 0 Å². The van der Waals surface area contributed by atoms with E-state index in [9.17, 15) is 14.5 Å². The fraction of sp³-hybridized carbons (Fsp3) is 0.400. The minimum absolute atomic E-state index is 0.00318. The first-order valence-electron chi connectivity index (χ1n) is 4.82. The third-order valence-electron chi connectivity index (χ3n) is 2.03. The molecule has 0 aliphatic heterocycles. The van der Waals surface area contributed by atoms with Crippen molar-refractivity contribution in [1.82, 2.24) is 0 Å². The number of benzene rings is 1. The van der Waals surface area contributed by atoms with Crippen molar-refractivity contribution in [3.8, 4) is 0 Å². The van der Waals surface area contributed by atoms with Gasteiger partial charge in [-0.15, -0.1) is 11.8 Å². The van der Waals surface area contributed by atoms with E-state index in [2.05, 4.69) is 0 Å². The Kier molecular flexibility index (Phi) is 5.17. The highest BCUT2D eigenvalue weighted by molar-refractivity contribution is 7.99. The molecule has 0 radical (unpaired) electrons. The summed E-state index contributed by atoms with van der Waals surface area (Å²) in [6.45, 7) is 1.81. The maximum atomic E-state index is 13.1. The quantitative estimate of drug-likeness (QED) is 0.511. The van der Waals surface area contributed by atoms with Crippen LogP contribution in [0.1, 0.15) is 6.92 Å². The molecule has 7 heteroatoms. The Bertz CT molecular complexity index is 430. The normalized spacial score (nSPS) is 12.5. The number of aliphatic hydroxyl groups is 1. The SMILES string of the molecule is CC(CO)CSc1cc(Cl)c(F)cc1[N+](=O)[O-]. The number of aliphatic hydroxyl groups excluding tert-OH is 1. The maximum Gasteiger partial charge on any atom is 0.285 e. The van der Waals surface area contributed by atoms with E-state index in [-0.39, 0.29) is 23.2 Å². The second kappa shape index (κ2) is 6.18. The lowest BCUT2D eigenvalue weighted by molar-refractivity contribution is -0.387. The van der Waals surface area contributed by atoms with Crippen LogP contribution in [0.25, 0.3) is 0 Å². The van der Waals surface area contributed by atoms with E-state index in [4.69, 9.17) is 16.7 Å². The predicted molar refractivity (Wildman–Crippen MR) is 65.0 cm³/mol. The first kappa shape index (κ1) is 14.2. The standard InChI is InChI=1S/C10H11ClFNO3S/c1-6(4-14)5-17-10-2-7(11)8(12)3-9(10)13(15)16/h2-3,6,14H,4-5H2,1H3. The highest BCUT2D eigenvalue weighted by Crippen LogP contribution is 2.34. The van der Waals surface area contributed by atoms with Crippen LogP contribution in [0.5, 0.6) is 0 Å². The number of halogens is 2. The van der Waals surface area contributed by atoms with Crippen molar-refractivity contribution < 1.29 is 14.4 Å². The molecule has 0 aliphatic carbocycles. The summed E-state index contributed by atoms with van der Waals surface area (Å²) in [6.07, 6.45) is 0. The molecule has 0 saturated heterocycles. The molecule has 0 bridgehead atoms. The molecule has 0 saturated carbocycles. The number of hydrogen-bond donors (Lipinski definition) is 1. The first-order valence-corrected chi connectivity index (χ1v) is 6.19.